The Morgan fingerprint density at radius 2 is 1.96 bits per heavy atom. The fourth-order valence-corrected chi connectivity index (χ4v) is 4.23. The molecule has 0 aliphatic carbocycles. The number of hydrogen-bond acceptors (Lipinski definition) is 5. The second-order valence-corrected chi connectivity index (χ2v) is 7.97. The minimum absolute atomic E-state index is 0.000407. The van der Waals surface area contributed by atoms with Crippen molar-refractivity contribution in [2.45, 2.75) is 12.8 Å². The van der Waals surface area contributed by atoms with Crippen LogP contribution in [-0.2, 0) is 4.79 Å². The van der Waals surface area contributed by atoms with E-state index in [2.05, 4.69) is 57.4 Å². The van der Waals surface area contributed by atoms with Crippen molar-refractivity contribution in [3.8, 4) is 0 Å². The predicted octanol–water partition coefficient (Wildman–Crippen LogP) is 3.50. The van der Waals surface area contributed by atoms with Crippen molar-refractivity contribution in [2.75, 3.05) is 23.3 Å². The third-order valence-electron chi connectivity index (χ3n) is 4.53. The number of nitrogens with zero attached hydrogens (tertiary/aromatic N) is 5. The molecule has 1 saturated heterocycles. The van der Waals surface area contributed by atoms with Crippen molar-refractivity contribution in [3.05, 3.63) is 45.6 Å². The van der Waals surface area contributed by atoms with Gasteiger partial charge in [0, 0.05) is 28.0 Å². The van der Waals surface area contributed by atoms with Gasteiger partial charge in [-0.05, 0) is 59.1 Å². The lowest BCUT2D eigenvalue weighted by Crippen LogP contribution is -2.38. The fourth-order valence-electron chi connectivity index (χ4n) is 3.08. The number of amides is 1. The number of anilines is 2. The summed E-state index contributed by atoms with van der Waals surface area (Å²) in [5.74, 6) is 0.946. The highest BCUT2D eigenvalue weighted by Crippen LogP contribution is 2.28. The molecule has 0 radical (unpaired) electrons. The summed E-state index contributed by atoms with van der Waals surface area (Å²) in [6.07, 6.45) is 3.18. The van der Waals surface area contributed by atoms with Gasteiger partial charge in [-0.25, -0.2) is 0 Å². The summed E-state index contributed by atoms with van der Waals surface area (Å²) in [6, 6.07) is 9.57. The van der Waals surface area contributed by atoms with E-state index in [0.29, 0.717) is 0 Å². The van der Waals surface area contributed by atoms with Crippen molar-refractivity contribution in [3.63, 3.8) is 0 Å². The second kappa shape index (κ2) is 7.32. The molecule has 7 nitrogen and oxygen atoms in total. The van der Waals surface area contributed by atoms with Crippen LogP contribution in [0.1, 0.15) is 12.8 Å². The van der Waals surface area contributed by atoms with E-state index in [1.54, 1.807) is 10.8 Å². The van der Waals surface area contributed by atoms with Gasteiger partial charge in [0.1, 0.15) is 12.1 Å². The molecule has 1 fully saturated rings. The molecule has 1 amide bonds. The molecule has 1 aliphatic rings. The maximum absolute atomic E-state index is 12.6. The van der Waals surface area contributed by atoms with Crippen LogP contribution in [-0.4, -0.2) is 38.8 Å². The quantitative estimate of drug-likeness (QED) is 0.622. The van der Waals surface area contributed by atoms with Crippen LogP contribution in [0.15, 0.2) is 45.6 Å². The summed E-state index contributed by atoms with van der Waals surface area (Å²) in [6.45, 7) is 1.58. The molecule has 1 aromatic carbocycles. The highest BCUT2D eigenvalue weighted by atomic mass is 79.9. The first-order valence-corrected chi connectivity index (χ1v) is 9.87. The van der Waals surface area contributed by atoms with Gasteiger partial charge in [0.25, 0.3) is 0 Å². The number of fused-ring (bicyclic) bond motifs is 1. The third kappa shape index (κ3) is 3.59. The summed E-state index contributed by atoms with van der Waals surface area (Å²) < 4.78 is 3.50. The number of nitrogens with one attached hydrogen (secondary N) is 1. The minimum atomic E-state index is 0.000407. The molecule has 9 heteroatoms. The summed E-state index contributed by atoms with van der Waals surface area (Å²) in [7, 11) is 0. The van der Waals surface area contributed by atoms with Gasteiger partial charge >= 0.3 is 0 Å². The number of carbonyl (C=O) groups is 1. The van der Waals surface area contributed by atoms with E-state index < -0.39 is 0 Å². The maximum atomic E-state index is 12.6. The zero-order valence-electron chi connectivity index (χ0n) is 13.8. The Bertz CT molecular complexity index is 951. The van der Waals surface area contributed by atoms with Crippen LogP contribution in [0.3, 0.4) is 0 Å². The molecular weight excluding hydrogens is 464 g/mol. The van der Waals surface area contributed by atoms with Crippen LogP contribution >= 0.6 is 31.9 Å². The lowest BCUT2D eigenvalue weighted by Gasteiger charge is -2.32. The van der Waals surface area contributed by atoms with Crippen molar-refractivity contribution in [1.82, 2.24) is 19.8 Å². The van der Waals surface area contributed by atoms with Crippen molar-refractivity contribution >= 4 is 54.9 Å². The normalized spacial score (nSPS) is 15.4. The van der Waals surface area contributed by atoms with Gasteiger partial charge in [0.2, 0.25) is 5.91 Å². The topological polar surface area (TPSA) is 75.4 Å². The smallest absolute Gasteiger partial charge is 0.227 e. The van der Waals surface area contributed by atoms with Crippen LogP contribution in [0.25, 0.3) is 5.65 Å². The van der Waals surface area contributed by atoms with Gasteiger partial charge in [-0.15, -0.1) is 15.3 Å². The van der Waals surface area contributed by atoms with Crippen LogP contribution in [0, 0.1) is 5.92 Å². The number of piperidine rings is 1. The highest BCUT2D eigenvalue weighted by Gasteiger charge is 2.26. The summed E-state index contributed by atoms with van der Waals surface area (Å²) in [4.78, 5) is 14.8. The lowest BCUT2D eigenvalue weighted by atomic mass is 9.96. The van der Waals surface area contributed by atoms with Crippen LogP contribution in [0.5, 0.6) is 0 Å². The van der Waals surface area contributed by atoms with E-state index in [-0.39, 0.29) is 11.8 Å². The van der Waals surface area contributed by atoms with E-state index in [1.807, 2.05) is 30.3 Å². The van der Waals surface area contributed by atoms with Gasteiger partial charge < -0.3 is 10.2 Å². The lowest BCUT2D eigenvalue weighted by molar-refractivity contribution is -0.120. The average Bonchev–Trinajstić information content (AvgIpc) is 3.12. The third-order valence-corrected chi connectivity index (χ3v) is 5.68. The van der Waals surface area contributed by atoms with E-state index >= 15 is 0 Å². The van der Waals surface area contributed by atoms with Gasteiger partial charge in [-0.3, -0.25) is 4.79 Å². The minimum Gasteiger partial charge on any atom is -0.355 e. The summed E-state index contributed by atoms with van der Waals surface area (Å²) >= 11 is 6.90. The Hall–Kier alpha value is -2.00. The molecule has 26 heavy (non-hydrogen) atoms. The molecule has 134 valence electrons. The predicted molar refractivity (Wildman–Crippen MR) is 106 cm³/mol. The molecule has 0 saturated carbocycles. The zero-order valence-corrected chi connectivity index (χ0v) is 16.9. The fraction of sp³-hybridized carbons (Fsp3) is 0.294. The average molecular weight is 480 g/mol. The number of carbonyl (C=O) groups excluding carboxylic acids is 1. The van der Waals surface area contributed by atoms with Gasteiger partial charge in [-0.1, -0.05) is 15.9 Å². The van der Waals surface area contributed by atoms with Crippen molar-refractivity contribution in [1.29, 1.82) is 0 Å². The summed E-state index contributed by atoms with van der Waals surface area (Å²) in [5.41, 5.74) is 1.52. The first-order chi connectivity index (χ1) is 12.6. The number of benzene rings is 1. The second-order valence-electron chi connectivity index (χ2n) is 6.20. The van der Waals surface area contributed by atoms with Gasteiger partial charge in [0.05, 0.1) is 5.69 Å². The van der Waals surface area contributed by atoms with Crippen molar-refractivity contribution in [2.24, 2.45) is 5.92 Å². The Morgan fingerprint density at radius 1 is 1.15 bits per heavy atom. The van der Waals surface area contributed by atoms with Crippen molar-refractivity contribution < 1.29 is 4.79 Å². The molecule has 0 atom stereocenters. The monoisotopic (exact) mass is 478 g/mol. The molecule has 1 N–H and O–H groups in total. The standard InChI is InChI=1S/C17H16Br2N6O/c18-12-1-2-14(13(19)9-12)21-17(26)11-5-7-24(8-6-11)16-4-3-15-22-20-10-25(15)23-16/h1-4,9-11H,5-8H2,(H,21,26). The van der Waals surface area contributed by atoms with E-state index in [9.17, 15) is 4.79 Å². The Morgan fingerprint density at radius 3 is 2.73 bits per heavy atom. The van der Waals surface area contributed by atoms with Gasteiger partial charge in [0.15, 0.2) is 5.65 Å². The van der Waals surface area contributed by atoms with Gasteiger partial charge in [-0.2, -0.15) is 4.52 Å². The van der Waals surface area contributed by atoms with Crippen LogP contribution in [0.2, 0.25) is 0 Å². The SMILES string of the molecule is O=C(Nc1ccc(Br)cc1Br)C1CCN(c2ccc3nncn3n2)CC1. The molecule has 0 unspecified atom stereocenters. The first-order valence-electron chi connectivity index (χ1n) is 8.28. The summed E-state index contributed by atoms with van der Waals surface area (Å²) in [5, 5.41) is 15.4. The number of halogens is 2. The largest absolute Gasteiger partial charge is 0.355 e. The number of hydrogen-bond donors (Lipinski definition) is 1. The molecular formula is C17H16Br2N6O. The molecule has 3 aromatic rings. The molecule has 2 aromatic heterocycles. The Labute approximate surface area is 167 Å². The van der Waals surface area contributed by atoms with E-state index in [0.717, 1.165) is 52.0 Å². The van der Waals surface area contributed by atoms with E-state index in [4.69, 9.17) is 0 Å². The highest BCUT2D eigenvalue weighted by molar-refractivity contribution is 9.11. The van der Waals surface area contributed by atoms with Crippen LogP contribution < -0.4 is 10.2 Å². The Balaban J connectivity index is 1.38. The first kappa shape index (κ1) is 17.4. The zero-order chi connectivity index (χ0) is 18.1. The molecule has 1 aliphatic heterocycles. The molecule has 3 heterocycles. The maximum Gasteiger partial charge on any atom is 0.227 e. The molecule has 0 bridgehead atoms. The Kier molecular flexibility index (Phi) is 4.90. The number of rotatable bonds is 3. The molecule has 4 rings (SSSR count). The number of aromatic nitrogens is 4. The van der Waals surface area contributed by atoms with E-state index in [1.165, 1.54) is 0 Å². The molecule has 0 spiro atoms. The van der Waals surface area contributed by atoms with Crippen LogP contribution in [0.4, 0.5) is 11.5 Å².